The molecule has 2 aromatic carbocycles. The zero-order valence-electron chi connectivity index (χ0n) is 13.2. The van der Waals surface area contributed by atoms with Gasteiger partial charge in [0.15, 0.2) is 0 Å². The van der Waals surface area contributed by atoms with Crippen molar-refractivity contribution in [2.24, 2.45) is 0 Å². The largest absolute Gasteiger partial charge is 0.280 e. The van der Waals surface area contributed by atoms with E-state index in [4.69, 9.17) is 0 Å². The minimum absolute atomic E-state index is 0.00920. The molecule has 1 aliphatic heterocycles. The molecule has 23 heavy (non-hydrogen) atoms. The van der Waals surface area contributed by atoms with Crippen LogP contribution in [0.25, 0.3) is 10.8 Å². The Bertz CT molecular complexity index is 929. The summed E-state index contributed by atoms with van der Waals surface area (Å²) in [4.78, 5) is 15.0. The van der Waals surface area contributed by atoms with Crippen LogP contribution in [-0.4, -0.2) is 21.2 Å². The van der Waals surface area contributed by atoms with E-state index in [1.807, 2.05) is 31.2 Å². The van der Waals surface area contributed by atoms with E-state index in [1.165, 1.54) is 11.1 Å². The van der Waals surface area contributed by atoms with Gasteiger partial charge < -0.3 is 0 Å². The second-order valence-electron chi connectivity index (χ2n) is 6.15. The number of aryl methyl sites for hydroxylation is 1. The van der Waals surface area contributed by atoms with Crippen LogP contribution in [0.4, 0.5) is 0 Å². The van der Waals surface area contributed by atoms with Crippen molar-refractivity contribution in [1.29, 1.82) is 0 Å². The molecule has 0 saturated carbocycles. The lowest BCUT2D eigenvalue weighted by atomic mass is 10.0. The number of hydrogen-bond donors (Lipinski definition) is 0. The van der Waals surface area contributed by atoms with Gasteiger partial charge in [-0.05, 0) is 30.5 Å². The lowest BCUT2D eigenvalue weighted by molar-refractivity contribution is 0.185. The van der Waals surface area contributed by atoms with Crippen LogP contribution >= 0.6 is 0 Å². The van der Waals surface area contributed by atoms with Gasteiger partial charge in [-0.2, -0.15) is 5.10 Å². The maximum atomic E-state index is 12.7. The second-order valence-corrected chi connectivity index (χ2v) is 6.15. The highest BCUT2D eigenvalue weighted by Crippen LogP contribution is 2.19. The predicted molar refractivity (Wildman–Crippen MR) is 91.3 cm³/mol. The molecule has 0 amide bonds. The summed E-state index contributed by atoms with van der Waals surface area (Å²) in [5.41, 5.74) is 3.66. The summed E-state index contributed by atoms with van der Waals surface area (Å²) in [7, 11) is 0. The second kappa shape index (κ2) is 5.63. The Morgan fingerprint density at radius 2 is 1.70 bits per heavy atom. The third kappa shape index (κ3) is 2.55. The Morgan fingerprint density at radius 3 is 2.52 bits per heavy atom. The molecule has 0 spiro atoms. The molecule has 0 fully saturated rings. The first kappa shape index (κ1) is 14.2. The third-order valence-corrected chi connectivity index (χ3v) is 4.60. The van der Waals surface area contributed by atoms with Crippen molar-refractivity contribution in [2.45, 2.75) is 26.6 Å². The van der Waals surface area contributed by atoms with Crippen LogP contribution in [0.5, 0.6) is 0 Å². The molecule has 0 atom stereocenters. The van der Waals surface area contributed by atoms with Crippen LogP contribution < -0.4 is 5.56 Å². The number of hydrogen-bond acceptors (Lipinski definition) is 3. The van der Waals surface area contributed by atoms with Crippen molar-refractivity contribution in [3.05, 3.63) is 75.7 Å². The lowest BCUT2D eigenvalue weighted by Crippen LogP contribution is -2.37. The first-order valence-electron chi connectivity index (χ1n) is 7.98. The molecule has 0 radical (unpaired) electrons. The van der Waals surface area contributed by atoms with Crippen LogP contribution in [0.3, 0.4) is 0 Å². The molecule has 1 aromatic heterocycles. The fraction of sp³-hybridized carbons (Fsp3) is 0.263. The zero-order chi connectivity index (χ0) is 15.8. The normalized spacial score (nSPS) is 14.8. The quantitative estimate of drug-likeness (QED) is 0.730. The number of fused-ring (bicyclic) bond motifs is 2. The smallest absolute Gasteiger partial charge is 0.275 e. The zero-order valence-corrected chi connectivity index (χ0v) is 13.2. The molecular weight excluding hydrogens is 286 g/mol. The number of benzene rings is 2. The third-order valence-electron chi connectivity index (χ3n) is 4.60. The molecule has 0 aliphatic carbocycles. The summed E-state index contributed by atoms with van der Waals surface area (Å²) in [5.74, 6) is 0. The topological polar surface area (TPSA) is 38.1 Å². The molecule has 0 N–H and O–H groups in total. The van der Waals surface area contributed by atoms with Gasteiger partial charge in [-0.15, -0.1) is 0 Å². The van der Waals surface area contributed by atoms with Crippen LogP contribution in [0.1, 0.15) is 16.8 Å². The highest BCUT2D eigenvalue weighted by atomic mass is 16.1. The van der Waals surface area contributed by atoms with Crippen LogP contribution in [-0.2, 0) is 19.6 Å². The van der Waals surface area contributed by atoms with Gasteiger partial charge in [-0.3, -0.25) is 9.69 Å². The van der Waals surface area contributed by atoms with E-state index in [1.54, 1.807) is 4.68 Å². The molecule has 1 aliphatic rings. The van der Waals surface area contributed by atoms with Crippen molar-refractivity contribution < 1.29 is 0 Å². The molecule has 3 aromatic rings. The molecule has 0 unspecified atom stereocenters. The molecule has 4 nitrogen and oxygen atoms in total. The van der Waals surface area contributed by atoms with Crippen LogP contribution in [0, 0.1) is 6.92 Å². The summed E-state index contributed by atoms with van der Waals surface area (Å²) in [5, 5.41) is 6.20. The first-order chi connectivity index (χ1) is 11.2. The van der Waals surface area contributed by atoms with E-state index in [0.29, 0.717) is 6.67 Å². The highest BCUT2D eigenvalue weighted by Gasteiger charge is 2.17. The molecule has 4 heteroatoms. The minimum Gasteiger partial charge on any atom is -0.280 e. The molecule has 2 heterocycles. The van der Waals surface area contributed by atoms with Gasteiger partial charge in [0.25, 0.3) is 5.56 Å². The Hall–Kier alpha value is -2.46. The Labute approximate surface area is 135 Å². The molecule has 0 bridgehead atoms. The predicted octanol–water partition coefficient (Wildman–Crippen LogP) is 2.72. The molecule has 4 rings (SSSR count). The molecular formula is C19H19N3O. The Morgan fingerprint density at radius 1 is 1.00 bits per heavy atom. The summed E-state index contributed by atoms with van der Waals surface area (Å²) in [6.45, 7) is 4.33. The maximum Gasteiger partial charge on any atom is 0.275 e. The minimum atomic E-state index is -0.00920. The number of aromatic nitrogens is 2. The summed E-state index contributed by atoms with van der Waals surface area (Å²) in [6, 6.07) is 16.2. The van der Waals surface area contributed by atoms with Crippen LogP contribution in [0.2, 0.25) is 0 Å². The van der Waals surface area contributed by atoms with E-state index >= 15 is 0 Å². The number of rotatable bonds is 2. The van der Waals surface area contributed by atoms with E-state index in [-0.39, 0.29) is 5.56 Å². The standard InChI is InChI=1S/C19H19N3O/c1-14-17-8-4-5-9-18(17)19(23)22(20-14)13-21-11-10-15-6-2-3-7-16(15)12-21/h2-9H,10-13H2,1H3. The van der Waals surface area contributed by atoms with Crippen molar-refractivity contribution in [1.82, 2.24) is 14.7 Å². The van der Waals surface area contributed by atoms with Crippen molar-refractivity contribution in [3.8, 4) is 0 Å². The van der Waals surface area contributed by atoms with Gasteiger partial charge >= 0.3 is 0 Å². The average molecular weight is 305 g/mol. The van der Waals surface area contributed by atoms with Crippen LogP contribution in [0.15, 0.2) is 53.3 Å². The summed E-state index contributed by atoms with van der Waals surface area (Å²) < 4.78 is 1.60. The van der Waals surface area contributed by atoms with E-state index in [0.717, 1.165) is 36.0 Å². The average Bonchev–Trinajstić information content (AvgIpc) is 2.59. The SMILES string of the molecule is Cc1nn(CN2CCc3ccccc3C2)c(=O)c2ccccc12. The lowest BCUT2D eigenvalue weighted by Gasteiger charge is -2.28. The van der Waals surface area contributed by atoms with Crippen molar-refractivity contribution >= 4 is 10.8 Å². The van der Waals surface area contributed by atoms with Crippen molar-refractivity contribution in [3.63, 3.8) is 0 Å². The maximum absolute atomic E-state index is 12.7. The van der Waals surface area contributed by atoms with Crippen molar-refractivity contribution in [2.75, 3.05) is 6.54 Å². The van der Waals surface area contributed by atoms with E-state index in [9.17, 15) is 4.79 Å². The van der Waals surface area contributed by atoms with Gasteiger partial charge in [0.05, 0.1) is 17.7 Å². The van der Waals surface area contributed by atoms with E-state index in [2.05, 4.69) is 34.3 Å². The molecule has 0 saturated heterocycles. The first-order valence-corrected chi connectivity index (χ1v) is 7.98. The van der Waals surface area contributed by atoms with Gasteiger partial charge in [0.2, 0.25) is 0 Å². The fourth-order valence-electron chi connectivity index (χ4n) is 3.36. The monoisotopic (exact) mass is 305 g/mol. The number of nitrogens with zero attached hydrogens (tertiary/aromatic N) is 3. The van der Waals surface area contributed by atoms with Gasteiger partial charge in [0.1, 0.15) is 0 Å². The highest BCUT2D eigenvalue weighted by molar-refractivity contribution is 5.83. The summed E-state index contributed by atoms with van der Waals surface area (Å²) in [6.07, 6.45) is 1.03. The molecule has 116 valence electrons. The van der Waals surface area contributed by atoms with Gasteiger partial charge in [-0.25, -0.2) is 4.68 Å². The van der Waals surface area contributed by atoms with E-state index < -0.39 is 0 Å². The Balaban J connectivity index is 1.67. The Kier molecular flexibility index (Phi) is 3.46. The van der Waals surface area contributed by atoms with Gasteiger partial charge in [0, 0.05) is 18.5 Å². The summed E-state index contributed by atoms with van der Waals surface area (Å²) >= 11 is 0. The van der Waals surface area contributed by atoms with Gasteiger partial charge in [-0.1, -0.05) is 42.5 Å². The fourth-order valence-corrected chi connectivity index (χ4v) is 3.36.